The van der Waals surface area contributed by atoms with Gasteiger partial charge < -0.3 is 30.2 Å². The Morgan fingerprint density at radius 1 is 0.909 bits per heavy atom. The van der Waals surface area contributed by atoms with Crippen molar-refractivity contribution in [1.29, 1.82) is 0 Å². The van der Waals surface area contributed by atoms with Gasteiger partial charge in [-0.2, -0.15) is 0 Å². The number of anilines is 1. The Bertz CT molecular complexity index is 1630. The second-order valence-electron chi connectivity index (χ2n) is 15.3. The molecule has 1 aromatic rings. The zero-order valence-corrected chi connectivity index (χ0v) is 32.6. The fourth-order valence-corrected chi connectivity index (χ4v) is 6.30. The predicted octanol–water partition coefficient (Wildman–Crippen LogP) is 3.62. The van der Waals surface area contributed by atoms with Crippen molar-refractivity contribution in [2.45, 2.75) is 110 Å². The molecule has 3 heterocycles. The lowest BCUT2D eigenvalue weighted by Crippen LogP contribution is -2.53. The van der Waals surface area contributed by atoms with Crippen LogP contribution in [-0.4, -0.2) is 113 Å². The topological polar surface area (TPSA) is 193 Å². The Labute approximate surface area is 321 Å². The van der Waals surface area contributed by atoms with E-state index < -0.39 is 54.0 Å². The summed E-state index contributed by atoms with van der Waals surface area (Å²) in [4.78, 5) is 92.2. The molecule has 2 fully saturated rings. The molecule has 1 unspecified atom stereocenters. The van der Waals surface area contributed by atoms with E-state index in [4.69, 9.17) is 14.2 Å². The fourth-order valence-electron chi connectivity index (χ4n) is 6.30. The molecule has 4 rings (SSSR count). The fraction of sp³-hybridized carbons (Fsp3) is 0.564. The third-order valence-electron chi connectivity index (χ3n) is 9.20. The molecule has 16 heteroatoms. The van der Waals surface area contributed by atoms with Crippen LogP contribution in [-0.2, 0) is 44.8 Å². The molecule has 0 bridgehead atoms. The Hall–Kier alpha value is -5.25. The van der Waals surface area contributed by atoms with Gasteiger partial charge >= 0.3 is 12.2 Å². The van der Waals surface area contributed by atoms with Crippen LogP contribution in [0.4, 0.5) is 15.3 Å². The van der Waals surface area contributed by atoms with E-state index in [2.05, 4.69) is 22.5 Å². The van der Waals surface area contributed by atoms with Crippen LogP contribution in [0.3, 0.4) is 0 Å². The summed E-state index contributed by atoms with van der Waals surface area (Å²) in [5.41, 5.74) is 1.27. The largest absolute Gasteiger partial charge is 0.444 e. The van der Waals surface area contributed by atoms with Crippen molar-refractivity contribution in [3.63, 3.8) is 0 Å². The van der Waals surface area contributed by atoms with Crippen molar-refractivity contribution in [2.24, 2.45) is 5.92 Å². The number of benzene rings is 1. The molecule has 16 nitrogen and oxygen atoms in total. The quantitative estimate of drug-likeness (QED) is 0.135. The number of hydrogen-bond donors (Lipinski definition) is 3. The standard InChI is InChI=1S/C39H54N6O10/c1-24(2)33(42-30(46)11-9-8-10-18-43-31(47)16-17-32(43)48)35(50)40-26(4)34(49)41-28-14-12-27(13-15-28)23-54-37(51)44-19-20-53-36(44)29-21-25(3)22-45(29)38(52)55-39(5,6)7/h12-17,24,26,29,33,36H,3,8-11,18-23H2,1-2,4-7H3,(H,40,50)(H,41,49)(H,42,46)/t26-,29-,33-,36?/m0/s1. The number of ether oxygens (including phenoxy) is 3. The summed E-state index contributed by atoms with van der Waals surface area (Å²) < 4.78 is 17.1. The first-order chi connectivity index (χ1) is 25.9. The van der Waals surface area contributed by atoms with Gasteiger partial charge in [-0.25, -0.2) is 9.59 Å². The van der Waals surface area contributed by atoms with Crippen molar-refractivity contribution in [1.82, 2.24) is 25.3 Å². The first kappa shape index (κ1) is 42.5. The molecular formula is C39H54N6O10. The molecule has 3 aliphatic heterocycles. The summed E-state index contributed by atoms with van der Waals surface area (Å²) in [5, 5.41) is 8.18. The molecule has 4 atom stereocenters. The van der Waals surface area contributed by atoms with E-state index in [0.29, 0.717) is 56.6 Å². The van der Waals surface area contributed by atoms with E-state index in [1.165, 1.54) is 24.0 Å². The Morgan fingerprint density at radius 3 is 2.22 bits per heavy atom. The van der Waals surface area contributed by atoms with Crippen LogP contribution < -0.4 is 16.0 Å². The third-order valence-corrected chi connectivity index (χ3v) is 9.20. The highest BCUT2D eigenvalue weighted by molar-refractivity contribution is 6.12. The van der Waals surface area contributed by atoms with E-state index >= 15 is 0 Å². The van der Waals surface area contributed by atoms with Gasteiger partial charge in [-0.05, 0) is 70.6 Å². The van der Waals surface area contributed by atoms with E-state index in [-0.39, 0.29) is 43.2 Å². The summed E-state index contributed by atoms with van der Waals surface area (Å²) >= 11 is 0. The summed E-state index contributed by atoms with van der Waals surface area (Å²) in [6, 6.07) is 4.45. The van der Waals surface area contributed by atoms with Gasteiger partial charge in [-0.1, -0.05) is 44.6 Å². The molecule has 0 spiro atoms. The number of carbonyl (C=O) groups excluding carboxylic acids is 7. The molecule has 1 aromatic carbocycles. The highest BCUT2D eigenvalue weighted by Crippen LogP contribution is 2.31. The first-order valence-electron chi connectivity index (χ1n) is 18.7. The van der Waals surface area contributed by atoms with Crippen molar-refractivity contribution in [3.05, 3.63) is 54.1 Å². The third kappa shape index (κ3) is 12.1. The molecular weight excluding hydrogens is 712 g/mol. The smallest absolute Gasteiger partial charge is 0.412 e. The average Bonchev–Trinajstić information content (AvgIpc) is 3.84. The maximum Gasteiger partial charge on any atom is 0.412 e. The average molecular weight is 767 g/mol. The summed E-state index contributed by atoms with van der Waals surface area (Å²) in [6.45, 7) is 15.6. The lowest BCUT2D eigenvalue weighted by atomic mass is 10.0. The van der Waals surface area contributed by atoms with E-state index in [1.54, 1.807) is 63.8 Å². The van der Waals surface area contributed by atoms with Crippen molar-refractivity contribution >= 4 is 47.4 Å². The minimum Gasteiger partial charge on any atom is -0.444 e. The van der Waals surface area contributed by atoms with Gasteiger partial charge in [0.25, 0.3) is 11.8 Å². The van der Waals surface area contributed by atoms with Gasteiger partial charge in [0.15, 0.2) is 6.23 Å². The van der Waals surface area contributed by atoms with E-state index in [9.17, 15) is 33.6 Å². The number of amides is 7. The number of nitrogens with zero attached hydrogens (tertiary/aromatic N) is 3. The lowest BCUT2D eigenvalue weighted by molar-refractivity contribution is -0.137. The summed E-state index contributed by atoms with van der Waals surface area (Å²) in [7, 11) is 0. The first-order valence-corrected chi connectivity index (χ1v) is 18.7. The second kappa shape index (κ2) is 18.9. The zero-order chi connectivity index (χ0) is 40.4. The molecule has 2 saturated heterocycles. The molecule has 0 aliphatic carbocycles. The van der Waals surface area contributed by atoms with E-state index in [0.717, 1.165) is 10.5 Å². The van der Waals surface area contributed by atoms with Gasteiger partial charge in [0, 0.05) is 37.3 Å². The summed E-state index contributed by atoms with van der Waals surface area (Å²) in [5.74, 6) is -2.21. The van der Waals surface area contributed by atoms with Crippen LogP contribution >= 0.6 is 0 Å². The van der Waals surface area contributed by atoms with Crippen LogP contribution in [0.15, 0.2) is 48.6 Å². The van der Waals surface area contributed by atoms with Crippen LogP contribution in [0.2, 0.25) is 0 Å². The predicted molar refractivity (Wildman–Crippen MR) is 201 cm³/mol. The number of rotatable bonds is 15. The molecule has 0 saturated carbocycles. The highest BCUT2D eigenvalue weighted by atomic mass is 16.6. The Balaban J connectivity index is 1.20. The SMILES string of the molecule is C=C1C[C@@H](C2OCCN2C(=O)OCc2ccc(NC(=O)[C@H](C)NC(=O)[C@@H](NC(=O)CCCCCN3C(=O)C=CC3=O)C(C)C)cc2)N(C(=O)OC(C)(C)C)C1. The Kier molecular flexibility index (Phi) is 14.6. The van der Waals surface area contributed by atoms with Crippen LogP contribution in [0, 0.1) is 5.92 Å². The van der Waals surface area contributed by atoms with Crippen molar-refractivity contribution in [3.8, 4) is 0 Å². The van der Waals surface area contributed by atoms with Crippen molar-refractivity contribution < 1.29 is 47.8 Å². The monoisotopic (exact) mass is 766 g/mol. The van der Waals surface area contributed by atoms with Gasteiger partial charge in [0.1, 0.15) is 24.3 Å². The number of unbranched alkanes of at least 4 members (excludes halogenated alkanes) is 2. The molecule has 300 valence electrons. The molecule has 3 aliphatic rings. The highest BCUT2D eigenvalue weighted by Gasteiger charge is 2.45. The summed E-state index contributed by atoms with van der Waals surface area (Å²) in [6.07, 6.45) is 3.00. The van der Waals surface area contributed by atoms with Gasteiger partial charge in [0.2, 0.25) is 17.7 Å². The number of likely N-dealkylation sites (tertiary alicyclic amines) is 1. The molecule has 3 N–H and O–H groups in total. The number of nitrogens with one attached hydrogen (secondary N) is 3. The molecule has 55 heavy (non-hydrogen) atoms. The maximum absolute atomic E-state index is 13.2. The van der Waals surface area contributed by atoms with Crippen molar-refractivity contribution in [2.75, 3.05) is 31.6 Å². The molecule has 0 radical (unpaired) electrons. The minimum absolute atomic E-state index is 0.0451. The van der Waals surface area contributed by atoms with E-state index in [1.807, 2.05) is 0 Å². The van der Waals surface area contributed by atoms with Gasteiger partial charge in [-0.15, -0.1) is 0 Å². The maximum atomic E-state index is 13.2. The van der Waals surface area contributed by atoms with Gasteiger partial charge in [-0.3, -0.25) is 38.7 Å². The zero-order valence-electron chi connectivity index (χ0n) is 32.6. The lowest BCUT2D eigenvalue weighted by Gasteiger charge is -2.33. The Morgan fingerprint density at radius 2 is 1.58 bits per heavy atom. The number of hydrogen-bond acceptors (Lipinski definition) is 10. The molecule has 0 aromatic heterocycles. The molecule has 7 amide bonds. The van der Waals surface area contributed by atoms with Gasteiger partial charge in [0.05, 0.1) is 19.2 Å². The normalized spacial score (nSPS) is 19.5. The minimum atomic E-state index is -0.921. The number of carbonyl (C=O) groups is 7. The van der Waals surface area contributed by atoms with Crippen LogP contribution in [0.1, 0.15) is 79.2 Å². The second-order valence-corrected chi connectivity index (χ2v) is 15.3. The van der Waals surface area contributed by atoms with Crippen LogP contribution in [0.25, 0.3) is 0 Å². The number of imide groups is 1. The van der Waals surface area contributed by atoms with Crippen LogP contribution in [0.5, 0.6) is 0 Å².